The summed E-state index contributed by atoms with van der Waals surface area (Å²) in [4.78, 5) is 0. The molecule has 0 aliphatic rings. The highest BCUT2D eigenvalue weighted by Gasteiger charge is 2.03. The van der Waals surface area contributed by atoms with Gasteiger partial charge in [-0.2, -0.15) is 0 Å². The molecule has 0 aliphatic carbocycles. The van der Waals surface area contributed by atoms with Gasteiger partial charge in [-0.3, -0.25) is 0 Å². The topological polar surface area (TPSA) is 0 Å². The maximum absolute atomic E-state index is 4.49. The summed E-state index contributed by atoms with van der Waals surface area (Å²) in [6.45, 7) is 9.11. The molecular weight excluding hydrogens is 649 g/mol. The molecule has 0 fully saturated rings. The smallest absolute Gasteiger partial charge is 0.0414 e. The van der Waals surface area contributed by atoms with Gasteiger partial charge in [-0.1, -0.05) is 342 Å². The molecule has 1 unspecified atom stereocenters. The van der Waals surface area contributed by atoms with Gasteiger partial charge in [0, 0.05) is 0 Å². The Balaban J connectivity index is 3.13. The molecule has 0 saturated carbocycles. The fourth-order valence-corrected chi connectivity index (χ4v) is 8.93. The van der Waals surface area contributed by atoms with Crippen LogP contribution in [0.1, 0.15) is 335 Å². The molecular formula is C54H109. The average molecular weight is 758 g/mol. The molecule has 0 amide bonds. The van der Waals surface area contributed by atoms with Gasteiger partial charge in [0.1, 0.15) is 0 Å². The summed E-state index contributed by atoms with van der Waals surface area (Å²) in [6.07, 6.45) is 73.5. The Labute approximate surface area is 346 Å². The van der Waals surface area contributed by atoms with Crippen LogP contribution in [0.25, 0.3) is 0 Å². The molecule has 0 aromatic heterocycles. The van der Waals surface area contributed by atoms with Crippen molar-refractivity contribution in [3.63, 3.8) is 0 Å². The zero-order chi connectivity index (χ0) is 38.9. The minimum absolute atomic E-state index is 0.713. The van der Waals surface area contributed by atoms with Crippen LogP contribution in [0.4, 0.5) is 0 Å². The van der Waals surface area contributed by atoms with Gasteiger partial charge in [-0.05, 0) is 5.92 Å². The second-order valence-corrected chi connectivity index (χ2v) is 18.7. The summed E-state index contributed by atoms with van der Waals surface area (Å²) in [7, 11) is 0. The van der Waals surface area contributed by atoms with Gasteiger partial charge in [0.25, 0.3) is 0 Å². The van der Waals surface area contributed by atoms with Gasteiger partial charge in [0.05, 0.1) is 0 Å². The van der Waals surface area contributed by atoms with Crippen LogP contribution in [0.2, 0.25) is 0 Å². The van der Waals surface area contributed by atoms with Crippen LogP contribution in [0.3, 0.4) is 0 Å². The maximum Gasteiger partial charge on any atom is -0.0414 e. The van der Waals surface area contributed by atoms with Gasteiger partial charge in [0.15, 0.2) is 0 Å². The largest absolute Gasteiger partial charge is 0.0654 e. The molecule has 1 radical (unpaired) electrons. The molecule has 0 aromatic carbocycles. The monoisotopic (exact) mass is 758 g/mol. The van der Waals surface area contributed by atoms with E-state index in [0.717, 1.165) is 0 Å². The van der Waals surface area contributed by atoms with Crippen molar-refractivity contribution >= 4 is 0 Å². The molecule has 0 spiro atoms. The Hall–Kier alpha value is 0. The lowest BCUT2D eigenvalue weighted by molar-refractivity contribution is 0.459. The van der Waals surface area contributed by atoms with E-state index in [2.05, 4.69) is 20.8 Å². The molecule has 0 rings (SSSR count). The molecule has 0 aliphatic heterocycles. The quantitative estimate of drug-likeness (QED) is 0.0542. The van der Waals surface area contributed by atoms with Crippen LogP contribution in [-0.4, -0.2) is 0 Å². The molecule has 325 valence electrons. The average Bonchev–Trinajstić information content (AvgIpc) is 3.18. The van der Waals surface area contributed by atoms with Crippen LogP contribution in [0.5, 0.6) is 0 Å². The van der Waals surface area contributed by atoms with Crippen LogP contribution in [0.15, 0.2) is 0 Å². The van der Waals surface area contributed by atoms with Crippen LogP contribution >= 0.6 is 0 Å². The number of hydrogen-bond acceptors (Lipinski definition) is 0. The van der Waals surface area contributed by atoms with Gasteiger partial charge >= 0.3 is 0 Å². The summed E-state index contributed by atoms with van der Waals surface area (Å²) in [5.41, 5.74) is 0. The first-order valence-corrected chi connectivity index (χ1v) is 26.6. The number of unbranched alkanes of at least 4 members (excludes halogenated alkanes) is 46. The minimum atomic E-state index is 0.713. The van der Waals surface area contributed by atoms with E-state index in [1.54, 1.807) is 0 Å². The highest BCUT2D eigenvalue weighted by molar-refractivity contribution is 4.62. The third-order valence-electron chi connectivity index (χ3n) is 12.9. The second-order valence-electron chi connectivity index (χ2n) is 18.7. The summed E-state index contributed by atoms with van der Waals surface area (Å²) in [5, 5.41) is 0. The van der Waals surface area contributed by atoms with Gasteiger partial charge in [-0.15, -0.1) is 0 Å². The summed E-state index contributed by atoms with van der Waals surface area (Å²) < 4.78 is 0. The van der Waals surface area contributed by atoms with E-state index < -0.39 is 0 Å². The Morgan fingerprint density at radius 2 is 0.296 bits per heavy atom. The van der Waals surface area contributed by atoms with E-state index in [-0.39, 0.29) is 0 Å². The van der Waals surface area contributed by atoms with E-state index in [1.165, 1.54) is 321 Å². The zero-order valence-electron chi connectivity index (χ0n) is 38.6. The highest BCUT2D eigenvalue weighted by atomic mass is 14.1. The normalized spacial score (nSPS) is 12.3. The molecule has 0 heterocycles. The molecule has 0 bridgehead atoms. The SMILES string of the molecule is [CH2]C(CCCCCCCCCCCCCCCCCCCC)CCCCCCCCCCCCCCCCCCCCCCCCCCCCCCCC. The molecule has 0 heteroatoms. The standard InChI is InChI=1S/C54H109/c1-4-6-8-10-12-14-16-18-20-22-24-25-26-27-28-29-30-31-32-33-34-35-37-39-41-43-45-47-49-51-53-54(3)52-50-48-46-44-42-40-38-36-23-21-19-17-15-13-11-9-7-5-2/h54H,3-53H2,1-2H3. The second kappa shape index (κ2) is 51.0. The molecule has 0 aromatic rings. The van der Waals surface area contributed by atoms with Crippen LogP contribution < -0.4 is 0 Å². The molecule has 0 N–H and O–H groups in total. The first-order valence-electron chi connectivity index (χ1n) is 26.6. The fourth-order valence-electron chi connectivity index (χ4n) is 8.93. The van der Waals surface area contributed by atoms with E-state index in [0.29, 0.717) is 5.92 Å². The Bertz CT molecular complexity index is 607. The van der Waals surface area contributed by atoms with Crippen molar-refractivity contribution in [3.8, 4) is 0 Å². The maximum atomic E-state index is 4.49. The van der Waals surface area contributed by atoms with E-state index >= 15 is 0 Å². The molecule has 54 heavy (non-hydrogen) atoms. The summed E-state index contributed by atoms with van der Waals surface area (Å²) in [5.74, 6) is 0.713. The summed E-state index contributed by atoms with van der Waals surface area (Å²) >= 11 is 0. The predicted octanol–water partition coefficient (Wildman–Crippen LogP) is 21.0. The number of hydrogen-bond donors (Lipinski definition) is 0. The lowest BCUT2D eigenvalue weighted by atomic mass is 9.95. The Morgan fingerprint density at radius 1 is 0.185 bits per heavy atom. The third kappa shape index (κ3) is 50.0. The Morgan fingerprint density at radius 3 is 0.426 bits per heavy atom. The van der Waals surface area contributed by atoms with Crippen molar-refractivity contribution in [2.45, 2.75) is 335 Å². The van der Waals surface area contributed by atoms with Crippen molar-refractivity contribution in [2.75, 3.05) is 0 Å². The van der Waals surface area contributed by atoms with Gasteiger partial charge in [-0.25, -0.2) is 0 Å². The minimum Gasteiger partial charge on any atom is -0.0654 e. The van der Waals surface area contributed by atoms with Gasteiger partial charge in [0.2, 0.25) is 0 Å². The van der Waals surface area contributed by atoms with E-state index in [9.17, 15) is 0 Å². The molecule has 0 saturated heterocycles. The fraction of sp³-hybridized carbons (Fsp3) is 0.981. The highest BCUT2D eigenvalue weighted by Crippen LogP contribution is 2.20. The first kappa shape index (κ1) is 54.0. The van der Waals surface area contributed by atoms with Crippen molar-refractivity contribution in [3.05, 3.63) is 6.92 Å². The lowest BCUT2D eigenvalue weighted by Crippen LogP contribution is -1.95. The van der Waals surface area contributed by atoms with E-state index in [1.807, 2.05) is 0 Å². The Kier molecular flexibility index (Phi) is 51.0. The van der Waals surface area contributed by atoms with Crippen LogP contribution in [-0.2, 0) is 0 Å². The third-order valence-corrected chi connectivity index (χ3v) is 12.9. The van der Waals surface area contributed by atoms with E-state index in [4.69, 9.17) is 0 Å². The summed E-state index contributed by atoms with van der Waals surface area (Å²) in [6, 6.07) is 0. The molecule has 0 nitrogen and oxygen atoms in total. The van der Waals surface area contributed by atoms with Crippen molar-refractivity contribution in [1.82, 2.24) is 0 Å². The van der Waals surface area contributed by atoms with Crippen molar-refractivity contribution in [2.24, 2.45) is 5.92 Å². The predicted molar refractivity (Wildman–Crippen MR) is 251 cm³/mol. The first-order chi connectivity index (χ1) is 26.8. The zero-order valence-corrected chi connectivity index (χ0v) is 38.6. The van der Waals surface area contributed by atoms with Crippen LogP contribution in [0, 0.1) is 12.8 Å². The lowest BCUT2D eigenvalue weighted by Gasteiger charge is -2.11. The van der Waals surface area contributed by atoms with Crippen molar-refractivity contribution in [1.29, 1.82) is 0 Å². The van der Waals surface area contributed by atoms with Crippen molar-refractivity contribution < 1.29 is 0 Å². The number of rotatable bonds is 50. The van der Waals surface area contributed by atoms with Gasteiger partial charge < -0.3 is 0 Å². The molecule has 1 atom stereocenters.